The van der Waals surface area contributed by atoms with Crippen LogP contribution in [-0.4, -0.2) is 55.7 Å². The van der Waals surface area contributed by atoms with Gasteiger partial charge in [-0.1, -0.05) is 6.92 Å². The van der Waals surface area contributed by atoms with Crippen molar-refractivity contribution in [1.82, 2.24) is 0 Å². The maximum Gasteiger partial charge on any atom is 0.303 e. The third-order valence-electron chi connectivity index (χ3n) is 3.93. The first-order valence-corrected chi connectivity index (χ1v) is 7.54. The molecule has 8 heteroatoms. The van der Waals surface area contributed by atoms with E-state index in [0.717, 1.165) is 0 Å². The summed E-state index contributed by atoms with van der Waals surface area (Å²) in [5, 5.41) is 0. The van der Waals surface area contributed by atoms with Crippen LogP contribution in [0.2, 0.25) is 0 Å². The summed E-state index contributed by atoms with van der Waals surface area (Å²) < 4.78 is 27.1. The molecule has 130 valence electrons. The Kier molecular flexibility index (Phi) is 5.59. The Morgan fingerprint density at radius 1 is 1.00 bits per heavy atom. The van der Waals surface area contributed by atoms with Crippen molar-refractivity contribution in [2.45, 2.75) is 52.3 Å². The van der Waals surface area contributed by atoms with Crippen molar-refractivity contribution in [2.75, 3.05) is 13.2 Å². The van der Waals surface area contributed by atoms with E-state index in [-0.39, 0.29) is 18.4 Å². The molecule has 0 aromatic heterocycles. The third kappa shape index (κ3) is 4.20. The van der Waals surface area contributed by atoms with Crippen LogP contribution in [0.1, 0.15) is 27.7 Å². The highest BCUT2D eigenvalue weighted by Gasteiger charge is 2.55. The maximum absolute atomic E-state index is 11.5. The van der Waals surface area contributed by atoms with E-state index >= 15 is 0 Å². The van der Waals surface area contributed by atoms with Crippen molar-refractivity contribution in [1.29, 1.82) is 0 Å². The fourth-order valence-electron chi connectivity index (χ4n) is 3.03. The van der Waals surface area contributed by atoms with Gasteiger partial charge in [0.25, 0.3) is 0 Å². The van der Waals surface area contributed by atoms with Crippen molar-refractivity contribution in [2.24, 2.45) is 11.8 Å². The van der Waals surface area contributed by atoms with Crippen molar-refractivity contribution >= 4 is 17.9 Å². The second kappa shape index (κ2) is 7.27. The second-order valence-corrected chi connectivity index (χ2v) is 5.88. The van der Waals surface area contributed by atoms with Crippen LogP contribution in [-0.2, 0) is 38.1 Å². The zero-order chi connectivity index (χ0) is 17.1. The molecule has 0 bridgehead atoms. The Hall–Kier alpha value is -1.67. The zero-order valence-electron chi connectivity index (χ0n) is 13.6. The third-order valence-corrected chi connectivity index (χ3v) is 3.93. The number of carbonyl (C=O) groups excluding carboxylic acids is 3. The summed E-state index contributed by atoms with van der Waals surface area (Å²) >= 11 is 0. The Bertz CT molecular complexity index is 476. The van der Waals surface area contributed by atoms with Gasteiger partial charge in [-0.15, -0.1) is 0 Å². The largest absolute Gasteiger partial charge is 0.463 e. The monoisotopic (exact) mass is 330 g/mol. The van der Waals surface area contributed by atoms with Crippen LogP contribution >= 0.6 is 0 Å². The molecule has 2 fully saturated rings. The lowest BCUT2D eigenvalue weighted by molar-refractivity contribution is -0.270. The Labute approximate surface area is 134 Å². The molecule has 23 heavy (non-hydrogen) atoms. The first-order chi connectivity index (χ1) is 10.8. The van der Waals surface area contributed by atoms with Crippen LogP contribution in [0.15, 0.2) is 0 Å². The standard InChI is InChI=1S/C15H22O8/c1-7-5-20-15-12(7)14(22-10(4)18)13(21-9(3)17)11(23-15)6-19-8(2)16/h7,11-15H,5-6H2,1-4H3/t7?,11-,12-,13+,14-,15+/m1/s1. The normalized spacial score (nSPS) is 36.0. The number of hydrogen-bond donors (Lipinski definition) is 0. The Morgan fingerprint density at radius 2 is 1.61 bits per heavy atom. The maximum atomic E-state index is 11.5. The van der Waals surface area contributed by atoms with Crippen molar-refractivity contribution < 1.29 is 38.1 Å². The van der Waals surface area contributed by atoms with E-state index in [1.165, 1.54) is 20.8 Å². The SMILES string of the molecule is CC(=O)OC[C@H]1O[C@@H]2OCC(C)[C@@H]2[C@@H](OC(C)=O)[C@H]1OC(C)=O. The van der Waals surface area contributed by atoms with Crippen LogP contribution in [0.3, 0.4) is 0 Å². The van der Waals surface area contributed by atoms with Gasteiger partial charge in [0.05, 0.1) is 12.5 Å². The van der Waals surface area contributed by atoms with Gasteiger partial charge >= 0.3 is 17.9 Å². The predicted octanol–water partition coefficient (Wildman–Crippen LogP) is 0.420. The van der Waals surface area contributed by atoms with Crippen LogP contribution in [0.5, 0.6) is 0 Å². The van der Waals surface area contributed by atoms with E-state index in [2.05, 4.69) is 0 Å². The summed E-state index contributed by atoms with van der Waals surface area (Å²) in [6.45, 7) is 6.09. The van der Waals surface area contributed by atoms with Gasteiger partial charge in [0.15, 0.2) is 12.4 Å². The van der Waals surface area contributed by atoms with Crippen molar-refractivity contribution in [3.63, 3.8) is 0 Å². The summed E-state index contributed by atoms with van der Waals surface area (Å²) in [7, 11) is 0. The minimum atomic E-state index is -0.860. The molecule has 0 N–H and O–H groups in total. The number of esters is 3. The molecule has 0 amide bonds. The fourth-order valence-corrected chi connectivity index (χ4v) is 3.03. The lowest BCUT2D eigenvalue weighted by atomic mass is 9.84. The summed E-state index contributed by atoms with van der Waals surface area (Å²) in [5.74, 6) is -1.69. The Balaban J connectivity index is 2.25. The minimum absolute atomic E-state index is 0.0667. The molecule has 2 saturated heterocycles. The molecular formula is C15H22O8. The second-order valence-electron chi connectivity index (χ2n) is 5.88. The highest BCUT2D eigenvalue weighted by atomic mass is 16.7. The van der Waals surface area contributed by atoms with Gasteiger partial charge in [-0.2, -0.15) is 0 Å². The molecule has 2 rings (SSSR count). The van der Waals surface area contributed by atoms with Crippen molar-refractivity contribution in [3.8, 4) is 0 Å². The Morgan fingerprint density at radius 3 is 2.17 bits per heavy atom. The molecule has 0 aromatic rings. The van der Waals surface area contributed by atoms with Crippen molar-refractivity contribution in [3.05, 3.63) is 0 Å². The number of rotatable bonds is 4. The molecule has 0 aromatic carbocycles. The van der Waals surface area contributed by atoms with Crippen LogP contribution in [0.4, 0.5) is 0 Å². The lowest BCUT2D eigenvalue weighted by Gasteiger charge is -2.43. The minimum Gasteiger partial charge on any atom is -0.463 e. The van der Waals surface area contributed by atoms with Gasteiger partial charge in [0, 0.05) is 20.8 Å². The molecule has 0 aliphatic carbocycles. The molecule has 0 saturated carbocycles. The highest BCUT2D eigenvalue weighted by Crippen LogP contribution is 2.40. The average molecular weight is 330 g/mol. The highest BCUT2D eigenvalue weighted by molar-refractivity contribution is 5.67. The number of carbonyl (C=O) groups is 3. The quantitative estimate of drug-likeness (QED) is 0.540. The topological polar surface area (TPSA) is 97.4 Å². The first kappa shape index (κ1) is 17.7. The van der Waals surface area contributed by atoms with E-state index < -0.39 is 42.5 Å². The number of fused-ring (bicyclic) bond motifs is 1. The molecule has 6 atom stereocenters. The average Bonchev–Trinajstić information content (AvgIpc) is 2.79. The number of hydrogen-bond acceptors (Lipinski definition) is 8. The van der Waals surface area contributed by atoms with Crippen LogP contribution in [0.25, 0.3) is 0 Å². The smallest absolute Gasteiger partial charge is 0.303 e. The summed E-state index contributed by atoms with van der Waals surface area (Å²) in [6.07, 6.45) is -2.94. The number of ether oxygens (including phenoxy) is 5. The van der Waals surface area contributed by atoms with Gasteiger partial charge in [-0.25, -0.2) is 0 Å². The zero-order valence-corrected chi connectivity index (χ0v) is 13.6. The summed E-state index contributed by atoms with van der Waals surface area (Å²) in [6, 6.07) is 0. The van der Waals surface area contributed by atoms with Gasteiger partial charge in [0.1, 0.15) is 18.8 Å². The summed E-state index contributed by atoms with van der Waals surface area (Å²) in [4.78, 5) is 34.0. The molecule has 8 nitrogen and oxygen atoms in total. The van der Waals surface area contributed by atoms with Gasteiger partial charge < -0.3 is 23.7 Å². The molecule has 2 heterocycles. The molecule has 2 aliphatic heterocycles. The van der Waals surface area contributed by atoms with Gasteiger partial charge in [-0.3, -0.25) is 14.4 Å². The fraction of sp³-hybridized carbons (Fsp3) is 0.800. The van der Waals surface area contributed by atoms with E-state index in [1.54, 1.807) is 0 Å². The first-order valence-electron chi connectivity index (χ1n) is 7.54. The predicted molar refractivity (Wildman–Crippen MR) is 75.0 cm³/mol. The van der Waals surface area contributed by atoms with Crippen LogP contribution in [0, 0.1) is 11.8 Å². The van der Waals surface area contributed by atoms with E-state index in [0.29, 0.717) is 6.61 Å². The van der Waals surface area contributed by atoms with Gasteiger partial charge in [-0.05, 0) is 5.92 Å². The van der Waals surface area contributed by atoms with E-state index in [9.17, 15) is 14.4 Å². The summed E-state index contributed by atoms with van der Waals surface area (Å²) in [5.41, 5.74) is 0. The molecule has 1 unspecified atom stereocenters. The van der Waals surface area contributed by atoms with E-state index in [4.69, 9.17) is 23.7 Å². The van der Waals surface area contributed by atoms with Crippen LogP contribution < -0.4 is 0 Å². The van der Waals surface area contributed by atoms with Gasteiger partial charge in [0.2, 0.25) is 0 Å². The molecular weight excluding hydrogens is 308 g/mol. The molecule has 0 radical (unpaired) electrons. The lowest BCUT2D eigenvalue weighted by Crippen LogP contribution is -2.58. The molecule has 2 aliphatic rings. The van der Waals surface area contributed by atoms with E-state index in [1.807, 2.05) is 6.92 Å². The molecule has 0 spiro atoms.